The number of aldehydes is 1. The molecule has 0 aliphatic heterocycles. The molecule has 98 valence electrons. The number of hydrogen-bond donors (Lipinski definition) is 0. The second-order valence-corrected chi connectivity index (χ2v) is 4.77. The Morgan fingerprint density at radius 2 is 1.89 bits per heavy atom. The van der Waals surface area contributed by atoms with Crippen LogP contribution in [0.15, 0.2) is 46.9 Å². The number of ether oxygens (including phenoxy) is 2. The summed E-state index contributed by atoms with van der Waals surface area (Å²) >= 11 is 3.34. The van der Waals surface area contributed by atoms with E-state index >= 15 is 0 Å². The van der Waals surface area contributed by atoms with Crippen LogP contribution < -0.4 is 9.47 Å². The standard InChI is InChI=1S/C15H13BrO3/c1-18-15-8-14(12(9-17)7-13(15)16)19-10-11-5-3-2-4-6-11/h2-9H,10H2,1H3. The van der Waals surface area contributed by atoms with Crippen molar-refractivity contribution in [2.75, 3.05) is 7.11 Å². The van der Waals surface area contributed by atoms with E-state index in [0.717, 1.165) is 16.3 Å². The number of halogens is 1. The van der Waals surface area contributed by atoms with Crippen LogP contribution in [0.3, 0.4) is 0 Å². The highest BCUT2D eigenvalue weighted by Crippen LogP contribution is 2.32. The molecule has 0 atom stereocenters. The minimum absolute atomic E-state index is 0.409. The van der Waals surface area contributed by atoms with Crippen molar-refractivity contribution in [1.29, 1.82) is 0 Å². The van der Waals surface area contributed by atoms with Crippen molar-refractivity contribution in [3.63, 3.8) is 0 Å². The highest BCUT2D eigenvalue weighted by molar-refractivity contribution is 9.10. The molecule has 0 spiro atoms. The lowest BCUT2D eigenvalue weighted by molar-refractivity contribution is 0.111. The summed E-state index contributed by atoms with van der Waals surface area (Å²) in [7, 11) is 1.57. The van der Waals surface area contributed by atoms with E-state index in [1.54, 1.807) is 19.2 Å². The highest BCUT2D eigenvalue weighted by atomic mass is 79.9. The molecule has 0 aliphatic rings. The zero-order chi connectivity index (χ0) is 13.7. The second-order valence-electron chi connectivity index (χ2n) is 3.92. The predicted octanol–water partition coefficient (Wildman–Crippen LogP) is 3.85. The summed E-state index contributed by atoms with van der Waals surface area (Å²) in [5, 5.41) is 0. The molecule has 0 N–H and O–H groups in total. The van der Waals surface area contributed by atoms with Gasteiger partial charge in [-0.15, -0.1) is 0 Å². The van der Waals surface area contributed by atoms with Gasteiger partial charge in [-0.25, -0.2) is 0 Å². The van der Waals surface area contributed by atoms with Gasteiger partial charge < -0.3 is 9.47 Å². The lowest BCUT2D eigenvalue weighted by atomic mass is 10.2. The Balaban J connectivity index is 2.21. The van der Waals surface area contributed by atoms with Gasteiger partial charge in [-0.1, -0.05) is 30.3 Å². The van der Waals surface area contributed by atoms with Crippen LogP contribution in [0.4, 0.5) is 0 Å². The summed E-state index contributed by atoms with van der Waals surface area (Å²) < 4.78 is 11.6. The van der Waals surface area contributed by atoms with Crippen LogP contribution in [-0.4, -0.2) is 13.4 Å². The number of methoxy groups -OCH3 is 1. The topological polar surface area (TPSA) is 35.5 Å². The SMILES string of the molecule is COc1cc(OCc2ccccc2)c(C=O)cc1Br. The van der Waals surface area contributed by atoms with Crippen LogP contribution in [-0.2, 0) is 6.61 Å². The van der Waals surface area contributed by atoms with Crippen LogP contribution in [0, 0.1) is 0 Å². The van der Waals surface area contributed by atoms with E-state index in [4.69, 9.17) is 9.47 Å². The maximum atomic E-state index is 11.0. The fourth-order valence-electron chi connectivity index (χ4n) is 1.66. The molecular formula is C15H13BrO3. The van der Waals surface area contributed by atoms with E-state index in [1.165, 1.54) is 0 Å². The minimum Gasteiger partial charge on any atom is -0.495 e. The van der Waals surface area contributed by atoms with Gasteiger partial charge >= 0.3 is 0 Å². The molecule has 0 aliphatic carbocycles. The number of benzene rings is 2. The zero-order valence-electron chi connectivity index (χ0n) is 10.4. The number of carbonyl (C=O) groups is 1. The molecule has 0 bridgehead atoms. The Hall–Kier alpha value is -1.81. The first kappa shape index (κ1) is 13.6. The van der Waals surface area contributed by atoms with Gasteiger partial charge in [-0.2, -0.15) is 0 Å². The number of carbonyl (C=O) groups excluding carboxylic acids is 1. The van der Waals surface area contributed by atoms with Gasteiger partial charge in [-0.3, -0.25) is 4.79 Å². The highest BCUT2D eigenvalue weighted by Gasteiger charge is 2.09. The van der Waals surface area contributed by atoms with Crippen molar-refractivity contribution in [2.45, 2.75) is 6.61 Å². The van der Waals surface area contributed by atoms with Crippen molar-refractivity contribution >= 4 is 22.2 Å². The molecule has 0 fully saturated rings. The Morgan fingerprint density at radius 1 is 1.16 bits per heavy atom. The normalized spacial score (nSPS) is 10.0. The van der Waals surface area contributed by atoms with Crippen molar-refractivity contribution in [1.82, 2.24) is 0 Å². The van der Waals surface area contributed by atoms with Crippen LogP contribution in [0.2, 0.25) is 0 Å². The summed E-state index contributed by atoms with van der Waals surface area (Å²) in [6.45, 7) is 0.409. The summed E-state index contributed by atoms with van der Waals surface area (Å²) in [5.41, 5.74) is 1.53. The lowest BCUT2D eigenvalue weighted by Crippen LogP contribution is -1.99. The quantitative estimate of drug-likeness (QED) is 0.785. The molecule has 0 saturated carbocycles. The summed E-state index contributed by atoms with van der Waals surface area (Å²) in [5.74, 6) is 1.15. The van der Waals surface area contributed by atoms with Gasteiger partial charge in [0.05, 0.1) is 17.1 Å². The molecular weight excluding hydrogens is 308 g/mol. The third-order valence-corrected chi connectivity index (χ3v) is 3.27. The molecule has 2 aromatic rings. The summed E-state index contributed by atoms with van der Waals surface area (Å²) in [4.78, 5) is 11.0. The molecule has 0 amide bonds. The molecule has 0 radical (unpaired) electrons. The molecule has 2 aromatic carbocycles. The first-order chi connectivity index (χ1) is 9.24. The molecule has 0 aromatic heterocycles. The Bertz CT molecular complexity index is 567. The van der Waals surface area contributed by atoms with Crippen LogP contribution in [0.25, 0.3) is 0 Å². The lowest BCUT2D eigenvalue weighted by Gasteiger charge is -2.11. The van der Waals surface area contributed by atoms with E-state index in [0.29, 0.717) is 23.7 Å². The van der Waals surface area contributed by atoms with Gasteiger partial charge in [0, 0.05) is 6.07 Å². The molecule has 19 heavy (non-hydrogen) atoms. The van der Waals surface area contributed by atoms with Gasteiger partial charge in [0.1, 0.15) is 18.1 Å². The van der Waals surface area contributed by atoms with E-state index in [-0.39, 0.29) is 0 Å². The van der Waals surface area contributed by atoms with Crippen molar-refractivity contribution < 1.29 is 14.3 Å². The average molecular weight is 321 g/mol. The van der Waals surface area contributed by atoms with Crippen molar-refractivity contribution in [3.05, 3.63) is 58.1 Å². The van der Waals surface area contributed by atoms with Gasteiger partial charge in [0.15, 0.2) is 6.29 Å². The van der Waals surface area contributed by atoms with Gasteiger partial charge in [-0.05, 0) is 27.6 Å². The monoisotopic (exact) mass is 320 g/mol. The largest absolute Gasteiger partial charge is 0.495 e. The van der Waals surface area contributed by atoms with Crippen molar-refractivity contribution in [3.8, 4) is 11.5 Å². The Kier molecular flexibility index (Phi) is 4.58. The number of hydrogen-bond acceptors (Lipinski definition) is 3. The smallest absolute Gasteiger partial charge is 0.153 e. The third kappa shape index (κ3) is 3.35. The fourth-order valence-corrected chi connectivity index (χ4v) is 2.18. The first-order valence-corrected chi connectivity index (χ1v) is 6.53. The number of rotatable bonds is 5. The predicted molar refractivity (Wildman–Crippen MR) is 76.9 cm³/mol. The molecule has 0 saturated heterocycles. The summed E-state index contributed by atoms with van der Waals surface area (Å²) in [6, 6.07) is 13.2. The first-order valence-electron chi connectivity index (χ1n) is 5.74. The molecule has 2 rings (SSSR count). The molecule has 4 heteroatoms. The maximum Gasteiger partial charge on any atom is 0.153 e. The Morgan fingerprint density at radius 3 is 2.53 bits per heavy atom. The second kappa shape index (κ2) is 6.38. The molecule has 0 unspecified atom stereocenters. The van der Waals surface area contributed by atoms with E-state index < -0.39 is 0 Å². The van der Waals surface area contributed by atoms with E-state index in [2.05, 4.69) is 15.9 Å². The molecule has 3 nitrogen and oxygen atoms in total. The maximum absolute atomic E-state index is 11.0. The zero-order valence-corrected chi connectivity index (χ0v) is 12.0. The van der Waals surface area contributed by atoms with Gasteiger partial charge in [0.25, 0.3) is 0 Å². The minimum atomic E-state index is 0.409. The van der Waals surface area contributed by atoms with E-state index in [1.807, 2.05) is 30.3 Å². The molecule has 0 heterocycles. The van der Waals surface area contributed by atoms with Crippen LogP contribution in [0.5, 0.6) is 11.5 Å². The van der Waals surface area contributed by atoms with E-state index in [9.17, 15) is 4.79 Å². The van der Waals surface area contributed by atoms with Crippen LogP contribution >= 0.6 is 15.9 Å². The van der Waals surface area contributed by atoms with Crippen molar-refractivity contribution in [2.24, 2.45) is 0 Å². The Labute approximate surface area is 120 Å². The fraction of sp³-hybridized carbons (Fsp3) is 0.133. The van der Waals surface area contributed by atoms with Crippen LogP contribution in [0.1, 0.15) is 15.9 Å². The third-order valence-electron chi connectivity index (χ3n) is 2.65. The summed E-state index contributed by atoms with van der Waals surface area (Å²) in [6.07, 6.45) is 0.768. The van der Waals surface area contributed by atoms with Gasteiger partial charge in [0.2, 0.25) is 0 Å². The average Bonchev–Trinajstić information content (AvgIpc) is 2.46.